The van der Waals surface area contributed by atoms with E-state index in [1.807, 2.05) is 65.2 Å². The maximum absolute atomic E-state index is 5.44. The molecule has 2 aromatic carbocycles. The van der Waals surface area contributed by atoms with Gasteiger partial charge in [0.25, 0.3) is 0 Å². The average Bonchev–Trinajstić information content (AvgIpc) is 2.96. The van der Waals surface area contributed by atoms with E-state index in [4.69, 9.17) is 12.2 Å². The Labute approximate surface area is 132 Å². The van der Waals surface area contributed by atoms with Crippen molar-refractivity contribution in [1.82, 2.24) is 19.7 Å². The van der Waals surface area contributed by atoms with Crippen molar-refractivity contribution in [1.29, 1.82) is 0 Å². The summed E-state index contributed by atoms with van der Waals surface area (Å²) in [6.07, 6.45) is 1.79. The summed E-state index contributed by atoms with van der Waals surface area (Å²) in [6, 6.07) is 20.0. The van der Waals surface area contributed by atoms with E-state index in [-0.39, 0.29) is 0 Å². The van der Waals surface area contributed by atoms with Crippen molar-refractivity contribution in [2.75, 3.05) is 0 Å². The Kier molecular flexibility index (Phi) is 3.05. The van der Waals surface area contributed by atoms with Crippen LogP contribution in [0.15, 0.2) is 66.9 Å². The monoisotopic (exact) mass is 304 g/mol. The first-order valence-electron chi connectivity index (χ1n) is 6.91. The second-order valence-corrected chi connectivity index (χ2v) is 5.29. The number of hydrogen-bond donors (Lipinski definition) is 1. The maximum Gasteiger partial charge on any atom is 0.200 e. The van der Waals surface area contributed by atoms with Gasteiger partial charge in [-0.2, -0.15) is 5.10 Å². The summed E-state index contributed by atoms with van der Waals surface area (Å²) in [4.78, 5) is 4.41. The molecule has 1 N–H and O–H groups in total. The van der Waals surface area contributed by atoms with Crippen molar-refractivity contribution in [2.24, 2.45) is 0 Å². The van der Waals surface area contributed by atoms with Crippen molar-refractivity contribution in [3.8, 4) is 17.1 Å². The van der Waals surface area contributed by atoms with Gasteiger partial charge in [-0.05, 0) is 36.5 Å². The number of hydrogen-bond acceptors (Lipinski definition) is 3. The van der Waals surface area contributed by atoms with Gasteiger partial charge in [0.1, 0.15) is 0 Å². The molecule has 0 amide bonds. The lowest BCUT2D eigenvalue weighted by Crippen LogP contribution is -1.99. The van der Waals surface area contributed by atoms with Gasteiger partial charge >= 0.3 is 0 Å². The molecule has 106 valence electrons. The van der Waals surface area contributed by atoms with Gasteiger partial charge in [-0.15, -0.1) is 0 Å². The molecule has 0 saturated heterocycles. The molecule has 4 aromatic rings. The largest absolute Gasteiger partial charge is 0.267 e. The molecule has 0 aliphatic carbocycles. The molecule has 0 radical (unpaired) electrons. The fourth-order valence-corrected chi connectivity index (χ4v) is 2.81. The Balaban J connectivity index is 2.04. The van der Waals surface area contributed by atoms with Gasteiger partial charge in [-0.25, -0.2) is 0 Å². The summed E-state index contributed by atoms with van der Waals surface area (Å²) in [5, 5.41) is 8.33. The third-order valence-corrected chi connectivity index (χ3v) is 3.84. The molecule has 0 fully saturated rings. The first-order chi connectivity index (χ1) is 10.8. The van der Waals surface area contributed by atoms with Gasteiger partial charge in [0.05, 0.1) is 11.2 Å². The summed E-state index contributed by atoms with van der Waals surface area (Å²) < 4.78 is 2.52. The highest BCUT2D eigenvalue weighted by Crippen LogP contribution is 2.26. The first kappa shape index (κ1) is 12.9. The number of pyridine rings is 1. The van der Waals surface area contributed by atoms with Crippen LogP contribution in [0.4, 0.5) is 0 Å². The predicted molar refractivity (Wildman–Crippen MR) is 89.5 cm³/mol. The van der Waals surface area contributed by atoms with E-state index in [2.05, 4.69) is 15.2 Å². The number of benzene rings is 2. The number of nitrogens with zero attached hydrogens (tertiary/aromatic N) is 3. The van der Waals surface area contributed by atoms with Crippen LogP contribution in [0, 0.1) is 4.77 Å². The van der Waals surface area contributed by atoms with Gasteiger partial charge in [-0.3, -0.25) is 14.6 Å². The Morgan fingerprint density at radius 1 is 0.909 bits per heavy atom. The molecule has 0 spiro atoms. The highest BCUT2D eigenvalue weighted by Gasteiger charge is 2.12. The highest BCUT2D eigenvalue weighted by molar-refractivity contribution is 7.71. The number of rotatable bonds is 2. The van der Waals surface area contributed by atoms with Crippen molar-refractivity contribution < 1.29 is 0 Å². The van der Waals surface area contributed by atoms with E-state index in [1.54, 1.807) is 6.20 Å². The molecule has 2 aromatic heterocycles. The number of aromatic amines is 1. The summed E-state index contributed by atoms with van der Waals surface area (Å²) in [6.45, 7) is 0. The molecule has 0 aliphatic heterocycles. The summed E-state index contributed by atoms with van der Waals surface area (Å²) >= 11 is 5.44. The van der Waals surface area contributed by atoms with Crippen molar-refractivity contribution in [3.05, 3.63) is 71.6 Å². The van der Waals surface area contributed by atoms with Crippen LogP contribution in [0.1, 0.15) is 0 Å². The minimum absolute atomic E-state index is 0.565. The number of nitrogens with one attached hydrogen (secondary N) is 1. The van der Waals surface area contributed by atoms with Crippen LogP contribution in [0.25, 0.3) is 28.0 Å². The quantitative estimate of drug-likeness (QED) is 0.566. The Morgan fingerprint density at radius 3 is 2.64 bits per heavy atom. The average molecular weight is 304 g/mol. The molecule has 0 aliphatic rings. The normalized spacial score (nSPS) is 10.9. The number of fused-ring (bicyclic) bond motifs is 1. The highest BCUT2D eigenvalue weighted by atomic mass is 32.1. The zero-order chi connectivity index (χ0) is 14.9. The maximum atomic E-state index is 5.44. The van der Waals surface area contributed by atoms with E-state index in [1.165, 1.54) is 0 Å². The topological polar surface area (TPSA) is 46.5 Å². The van der Waals surface area contributed by atoms with Crippen molar-refractivity contribution in [3.63, 3.8) is 0 Å². The molecule has 5 heteroatoms. The van der Waals surface area contributed by atoms with Crippen LogP contribution >= 0.6 is 12.2 Å². The molecule has 2 heterocycles. The van der Waals surface area contributed by atoms with Gasteiger partial charge < -0.3 is 0 Å². The van der Waals surface area contributed by atoms with E-state index in [9.17, 15) is 0 Å². The Hall–Kier alpha value is -2.79. The zero-order valence-corrected chi connectivity index (χ0v) is 12.4. The smallest absolute Gasteiger partial charge is 0.200 e. The standard InChI is InChI=1S/C17H12N4S/c22-17-20-19-16(12-6-2-1-3-7-12)21(17)15-10-4-9-14-13(15)8-5-11-18-14/h1-11H,(H,20,22). The second-order valence-electron chi connectivity index (χ2n) is 4.90. The molecule has 0 bridgehead atoms. The molecule has 0 unspecified atom stereocenters. The van der Waals surface area contributed by atoms with E-state index < -0.39 is 0 Å². The van der Waals surface area contributed by atoms with Gasteiger partial charge in [0.2, 0.25) is 0 Å². The lowest BCUT2D eigenvalue weighted by atomic mass is 10.1. The molecule has 22 heavy (non-hydrogen) atoms. The van der Waals surface area contributed by atoms with Crippen molar-refractivity contribution in [2.45, 2.75) is 0 Å². The van der Waals surface area contributed by atoms with Crippen LogP contribution < -0.4 is 0 Å². The third kappa shape index (κ3) is 2.03. The summed E-state index contributed by atoms with van der Waals surface area (Å²) in [5.74, 6) is 0.793. The van der Waals surface area contributed by atoms with E-state index >= 15 is 0 Å². The zero-order valence-electron chi connectivity index (χ0n) is 11.6. The molecule has 4 rings (SSSR count). The van der Waals surface area contributed by atoms with E-state index in [0.29, 0.717) is 4.77 Å². The minimum atomic E-state index is 0.565. The van der Waals surface area contributed by atoms with Crippen LogP contribution in [0.5, 0.6) is 0 Å². The van der Waals surface area contributed by atoms with E-state index in [0.717, 1.165) is 28.0 Å². The second kappa shape index (κ2) is 5.20. The molecule has 0 atom stereocenters. The van der Waals surface area contributed by atoms with Gasteiger partial charge in [0.15, 0.2) is 10.6 Å². The summed E-state index contributed by atoms with van der Waals surface area (Å²) in [5.41, 5.74) is 2.92. The number of H-pyrrole nitrogens is 1. The minimum Gasteiger partial charge on any atom is -0.267 e. The molecule has 4 nitrogen and oxygen atoms in total. The van der Waals surface area contributed by atoms with Crippen LogP contribution in [0.2, 0.25) is 0 Å². The van der Waals surface area contributed by atoms with Crippen LogP contribution in [-0.4, -0.2) is 19.7 Å². The fraction of sp³-hybridized carbons (Fsp3) is 0. The van der Waals surface area contributed by atoms with Crippen LogP contribution in [0.3, 0.4) is 0 Å². The molecular weight excluding hydrogens is 292 g/mol. The number of aromatic nitrogens is 4. The third-order valence-electron chi connectivity index (χ3n) is 3.57. The van der Waals surface area contributed by atoms with Crippen molar-refractivity contribution >= 4 is 23.1 Å². The summed E-state index contributed by atoms with van der Waals surface area (Å²) in [7, 11) is 0. The molecule has 0 saturated carbocycles. The first-order valence-corrected chi connectivity index (χ1v) is 7.32. The lowest BCUT2D eigenvalue weighted by molar-refractivity contribution is 1.04. The fourth-order valence-electron chi connectivity index (χ4n) is 2.58. The lowest BCUT2D eigenvalue weighted by Gasteiger charge is -2.09. The SMILES string of the molecule is S=c1[nH]nc(-c2ccccc2)n1-c1cccc2ncccc12. The Morgan fingerprint density at radius 2 is 1.77 bits per heavy atom. The Bertz CT molecular complexity index is 997. The van der Waals surface area contributed by atoms with Gasteiger partial charge in [-0.1, -0.05) is 36.4 Å². The molecular formula is C17H12N4S. The van der Waals surface area contributed by atoms with Gasteiger partial charge in [0, 0.05) is 17.1 Å². The van der Waals surface area contributed by atoms with Crippen LogP contribution in [-0.2, 0) is 0 Å². The predicted octanol–water partition coefficient (Wildman–Crippen LogP) is 4.15.